The highest BCUT2D eigenvalue weighted by atomic mass is 79.9. The molecule has 2 aromatic rings. The fraction of sp³-hybridized carbons (Fsp3) is 0.158. The molecule has 2 aromatic carbocycles. The van der Waals surface area contributed by atoms with E-state index in [1.54, 1.807) is 24.3 Å². The molecule has 26 heavy (non-hydrogen) atoms. The third kappa shape index (κ3) is 4.14. The molecule has 0 atom stereocenters. The quantitative estimate of drug-likeness (QED) is 0.543. The van der Waals surface area contributed by atoms with Crippen LogP contribution < -0.4 is 4.74 Å². The van der Waals surface area contributed by atoms with E-state index >= 15 is 0 Å². The number of carbonyl (C=O) groups is 2. The maximum absolute atomic E-state index is 12.7. The second-order valence-corrected chi connectivity index (χ2v) is 7.76. The SMILES string of the molecule is CCOc1ccc(Cl)cc1/C=C1\SC(=O)N(Cc2ccccc2Br)C1=O. The molecule has 134 valence electrons. The maximum Gasteiger partial charge on any atom is 0.293 e. The zero-order valence-electron chi connectivity index (χ0n) is 13.9. The first-order valence-electron chi connectivity index (χ1n) is 7.90. The lowest BCUT2D eigenvalue weighted by molar-refractivity contribution is -0.123. The lowest BCUT2D eigenvalue weighted by atomic mass is 10.1. The van der Waals surface area contributed by atoms with E-state index in [-0.39, 0.29) is 17.7 Å². The van der Waals surface area contributed by atoms with Gasteiger partial charge in [0.05, 0.1) is 18.1 Å². The van der Waals surface area contributed by atoms with Crippen LogP contribution in [0.5, 0.6) is 5.75 Å². The van der Waals surface area contributed by atoms with Gasteiger partial charge in [-0.2, -0.15) is 0 Å². The van der Waals surface area contributed by atoms with Gasteiger partial charge in [0.1, 0.15) is 5.75 Å². The molecule has 0 bridgehead atoms. The first-order valence-corrected chi connectivity index (χ1v) is 9.89. The van der Waals surface area contributed by atoms with Gasteiger partial charge in [-0.1, -0.05) is 45.7 Å². The number of carbonyl (C=O) groups excluding carboxylic acids is 2. The number of amides is 2. The van der Waals surface area contributed by atoms with Crippen molar-refractivity contribution in [2.45, 2.75) is 13.5 Å². The van der Waals surface area contributed by atoms with Crippen molar-refractivity contribution in [3.63, 3.8) is 0 Å². The molecule has 1 aliphatic rings. The van der Waals surface area contributed by atoms with Gasteiger partial charge >= 0.3 is 0 Å². The second kappa shape index (κ2) is 8.29. The Labute approximate surface area is 169 Å². The van der Waals surface area contributed by atoms with Crippen LogP contribution in [0.1, 0.15) is 18.1 Å². The van der Waals surface area contributed by atoms with Crippen LogP contribution in [0.15, 0.2) is 51.8 Å². The lowest BCUT2D eigenvalue weighted by Gasteiger charge is -2.13. The van der Waals surface area contributed by atoms with Crippen molar-refractivity contribution in [2.24, 2.45) is 0 Å². The summed E-state index contributed by atoms with van der Waals surface area (Å²) in [6.45, 7) is 2.59. The second-order valence-electron chi connectivity index (χ2n) is 5.47. The van der Waals surface area contributed by atoms with E-state index in [0.29, 0.717) is 27.8 Å². The van der Waals surface area contributed by atoms with Gasteiger partial charge in [0.25, 0.3) is 11.1 Å². The van der Waals surface area contributed by atoms with E-state index in [1.807, 2.05) is 31.2 Å². The summed E-state index contributed by atoms with van der Waals surface area (Å²) < 4.78 is 6.43. The van der Waals surface area contributed by atoms with Crippen LogP contribution in [0.2, 0.25) is 5.02 Å². The van der Waals surface area contributed by atoms with Gasteiger partial charge in [-0.3, -0.25) is 14.5 Å². The number of thioether (sulfide) groups is 1. The molecule has 4 nitrogen and oxygen atoms in total. The average Bonchev–Trinajstić information content (AvgIpc) is 2.87. The molecule has 2 amide bonds. The molecule has 0 aromatic heterocycles. The van der Waals surface area contributed by atoms with Crippen molar-refractivity contribution in [1.29, 1.82) is 0 Å². The summed E-state index contributed by atoms with van der Waals surface area (Å²) in [6, 6.07) is 12.7. The molecule has 0 unspecified atom stereocenters. The zero-order chi connectivity index (χ0) is 18.7. The van der Waals surface area contributed by atoms with Gasteiger partial charge in [-0.15, -0.1) is 0 Å². The molecule has 0 aliphatic carbocycles. The van der Waals surface area contributed by atoms with Crippen molar-refractivity contribution >= 4 is 56.5 Å². The van der Waals surface area contributed by atoms with Gasteiger partial charge < -0.3 is 4.74 Å². The third-order valence-electron chi connectivity index (χ3n) is 3.72. The van der Waals surface area contributed by atoms with Crippen LogP contribution in [0, 0.1) is 0 Å². The molecular formula is C19H15BrClNO3S. The van der Waals surface area contributed by atoms with Crippen molar-refractivity contribution in [3.8, 4) is 5.75 Å². The maximum atomic E-state index is 12.7. The molecule has 1 fully saturated rings. The first-order chi connectivity index (χ1) is 12.5. The predicted octanol–water partition coefficient (Wildman–Crippen LogP) is 5.74. The first kappa shape index (κ1) is 19.0. The highest BCUT2D eigenvalue weighted by Crippen LogP contribution is 2.36. The number of hydrogen-bond acceptors (Lipinski definition) is 4. The minimum Gasteiger partial charge on any atom is -0.493 e. The van der Waals surface area contributed by atoms with Crippen molar-refractivity contribution in [3.05, 3.63) is 68.0 Å². The number of ether oxygens (including phenoxy) is 1. The van der Waals surface area contributed by atoms with Gasteiger partial charge in [-0.25, -0.2) is 0 Å². The number of rotatable bonds is 5. The van der Waals surface area contributed by atoms with E-state index in [9.17, 15) is 9.59 Å². The number of hydrogen-bond donors (Lipinski definition) is 0. The average molecular weight is 453 g/mol. The molecule has 1 saturated heterocycles. The Bertz CT molecular complexity index is 900. The molecule has 7 heteroatoms. The number of imide groups is 1. The largest absolute Gasteiger partial charge is 0.493 e. The molecule has 0 N–H and O–H groups in total. The van der Waals surface area contributed by atoms with Crippen LogP contribution in [0.3, 0.4) is 0 Å². The van der Waals surface area contributed by atoms with Gasteiger partial charge in [0, 0.05) is 15.1 Å². The highest BCUT2D eigenvalue weighted by Gasteiger charge is 2.35. The number of nitrogens with zero attached hydrogens (tertiary/aromatic N) is 1. The predicted molar refractivity (Wildman–Crippen MR) is 108 cm³/mol. The topological polar surface area (TPSA) is 46.6 Å². The Morgan fingerprint density at radius 1 is 1.23 bits per heavy atom. The summed E-state index contributed by atoms with van der Waals surface area (Å²) >= 11 is 10.4. The van der Waals surface area contributed by atoms with Gasteiger partial charge in [-0.05, 0) is 54.6 Å². The van der Waals surface area contributed by atoms with Crippen LogP contribution in [-0.2, 0) is 11.3 Å². The van der Waals surface area contributed by atoms with Crippen molar-refractivity contribution in [1.82, 2.24) is 4.90 Å². The Morgan fingerprint density at radius 2 is 2.00 bits per heavy atom. The summed E-state index contributed by atoms with van der Waals surface area (Å²) in [7, 11) is 0. The van der Waals surface area contributed by atoms with Crippen molar-refractivity contribution < 1.29 is 14.3 Å². The van der Waals surface area contributed by atoms with Gasteiger partial charge in [0.2, 0.25) is 0 Å². The Balaban J connectivity index is 1.88. The zero-order valence-corrected chi connectivity index (χ0v) is 17.0. The highest BCUT2D eigenvalue weighted by molar-refractivity contribution is 9.10. The molecule has 0 spiro atoms. The Hall–Kier alpha value is -1.76. The van der Waals surface area contributed by atoms with Crippen LogP contribution >= 0.6 is 39.3 Å². The minimum absolute atomic E-state index is 0.220. The summed E-state index contributed by atoms with van der Waals surface area (Å²) in [5, 5.41) is 0.240. The standard InChI is InChI=1S/C19H15BrClNO3S/c1-2-25-16-8-7-14(21)9-13(16)10-17-18(23)22(19(24)26-17)11-12-5-3-4-6-15(12)20/h3-10H,2,11H2,1H3/b17-10-. The van der Waals surface area contributed by atoms with Crippen LogP contribution in [-0.4, -0.2) is 22.7 Å². The molecule has 0 radical (unpaired) electrons. The van der Waals surface area contributed by atoms with Crippen LogP contribution in [0.4, 0.5) is 4.79 Å². The summed E-state index contributed by atoms with van der Waals surface area (Å²) in [4.78, 5) is 26.6. The molecular weight excluding hydrogens is 438 g/mol. The molecule has 3 rings (SSSR count). The van der Waals surface area contributed by atoms with Crippen LogP contribution in [0.25, 0.3) is 6.08 Å². The summed E-state index contributed by atoms with van der Waals surface area (Å²) in [5.41, 5.74) is 1.54. The monoisotopic (exact) mass is 451 g/mol. The smallest absolute Gasteiger partial charge is 0.293 e. The normalized spacial score (nSPS) is 15.8. The van der Waals surface area contributed by atoms with E-state index in [1.165, 1.54) is 4.90 Å². The molecule has 1 aliphatic heterocycles. The fourth-order valence-electron chi connectivity index (χ4n) is 2.49. The van der Waals surface area contributed by atoms with E-state index in [2.05, 4.69) is 15.9 Å². The minimum atomic E-state index is -0.321. The van der Waals surface area contributed by atoms with E-state index in [0.717, 1.165) is 21.8 Å². The number of halogens is 2. The van der Waals surface area contributed by atoms with E-state index in [4.69, 9.17) is 16.3 Å². The molecule has 1 heterocycles. The van der Waals surface area contributed by atoms with Crippen molar-refractivity contribution in [2.75, 3.05) is 6.61 Å². The Morgan fingerprint density at radius 3 is 2.73 bits per heavy atom. The summed E-state index contributed by atoms with van der Waals surface area (Å²) in [6.07, 6.45) is 1.65. The lowest BCUT2D eigenvalue weighted by Crippen LogP contribution is -2.27. The van der Waals surface area contributed by atoms with Gasteiger partial charge in [0.15, 0.2) is 0 Å². The van der Waals surface area contributed by atoms with E-state index < -0.39 is 0 Å². The fourth-order valence-corrected chi connectivity index (χ4v) is 3.91. The number of benzene rings is 2. The molecule has 0 saturated carbocycles. The third-order valence-corrected chi connectivity index (χ3v) is 5.63. The Kier molecular flexibility index (Phi) is 6.06. The summed E-state index contributed by atoms with van der Waals surface area (Å²) in [5.74, 6) is 0.299.